The van der Waals surface area contributed by atoms with Gasteiger partial charge >= 0.3 is 12.1 Å². The number of hydrogen-bond acceptors (Lipinski definition) is 6. The summed E-state index contributed by atoms with van der Waals surface area (Å²) in [6, 6.07) is 12.2. The molecule has 4 aromatic rings. The minimum atomic E-state index is -4.43. The van der Waals surface area contributed by atoms with Gasteiger partial charge in [-0.05, 0) is 48.6 Å². The van der Waals surface area contributed by atoms with Gasteiger partial charge in [-0.2, -0.15) is 18.3 Å². The molecular formula is C24H19F3N4O3. The standard InChI is InChI=1S/C24H19F3N4O3/c25-24(26,27)14-33-22-18(16-6-7-16)10-15(11-29-22)12-31-13-19-20(30-31)8-9-28-21(19)23(32)34-17-4-2-1-3-5-17/h1-5,8-11,13,16H,6-7,12,14H2. The van der Waals surface area contributed by atoms with Gasteiger partial charge in [-0.1, -0.05) is 18.2 Å². The summed E-state index contributed by atoms with van der Waals surface area (Å²) in [5, 5.41) is 5.03. The van der Waals surface area contributed by atoms with Crippen molar-refractivity contribution in [2.45, 2.75) is 31.5 Å². The van der Waals surface area contributed by atoms with Crippen molar-refractivity contribution < 1.29 is 27.4 Å². The monoisotopic (exact) mass is 468 g/mol. The zero-order valence-corrected chi connectivity index (χ0v) is 17.8. The van der Waals surface area contributed by atoms with Crippen molar-refractivity contribution in [3.63, 3.8) is 0 Å². The molecule has 5 rings (SSSR count). The molecule has 0 bridgehead atoms. The van der Waals surface area contributed by atoms with Crippen LogP contribution in [0.15, 0.2) is 61.1 Å². The van der Waals surface area contributed by atoms with Crippen molar-refractivity contribution in [2.75, 3.05) is 6.61 Å². The Hall–Kier alpha value is -3.95. The predicted octanol–water partition coefficient (Wildman–Crippen LogP) is 4.91. The Labute approximate surface area is 192 Å². The summed E-state index contributed by atoms with van der Waals surface area (Å²) in [4.78, 5) is 21.0. The molecule has 0 N–H and O–H groups in total. The third-order valence-corrected chi connectivity index (χ3v) is 5.30. The number of fused-ring (bicyclic) bond motifs is 1. The van der Waals surface area contributed by atoms with E-state index in [2.05, 4.69) is 15.1 Å². The highest BCUT2D eigenvalue weighted by molar-refractivity contribution is 6.02. The van der Waals surface area contributed by atoms with Crippen LogP contribution in [0.3, 0.4) is 0 Å². The summed E-state index contributed by atoms with van der Waals surface area (Å²) in [7, 11) is 0. The van der Waals surface area contributed by atoms with Gasteiger partial charge in [0.2, 0.25) is 5.88 Å². The highest BCUT2D eigenvalue weighted by Crippen LogP contribution is 2.44. The van der Waals surface area contributed by atoms with Crippen LogP contribution in [-0.2, 0) is 6.54 Å². The second-order valence-electron chi connectivity index (χ2n) is 8.04. The Morgan fingerprint density at radius 3 is 2.65 bits per heavy atom. The van der Waals surface area contributed by atoms with E-state index in [9.17, 15) is 18.0 Å². The molecule has 174 valence electrons. The first kappa shape index (κ1) is 21.9. The molecular weight excluding hydrogens is 449 g/mol. The van der Waals surface area contributed by atoms with Crippen LogP contribution in [0, 0.1) is 0 Å². The van der Waals surface area contributed by atoms with Gasteiger partial charge in [-0.15, -0.1) is 0 Å². The fourth-order valence-electron chi connectivity index (χ4n) is 3.63. The number of rotatable bonds is 7. The lowest BCUT2D eigenvalue weighted by Crippen LogP contribution is -2.20. The minimum absolute atomic E-state index is 0.0179. The summed E-state index contributed by atoms with van der Waals surface area (Å²) in [5.74, 6) is -0.0225. The molecule has 34 heavy (non-hydrogen) atoms. The molecule has 1 aliphatic rings. The SMILES string of the molecule is O=C(Oc1ccccc1)c1nccc2nn(Cc3cnc(OCC(F)(F)F)c(C4CC4)c3)cc12. The number of nitrogens with zero attached hydrogens (tertiary/aromatic N) is 4. The van der Waals surface area contributed by atoms with Crippen LogP contribution in [0.4, 0.5) is 13.2 Å². The lowest BCUT2D eigenvalue weighted by atomic mass is 10.1. The number of carbonyl (C=O) groups excluding carboxylic acids is 1. The topological polar surface area (TPSA) is 79.1 Å². The van der Waals surface area contributed by atoms with Gasteiger partial charge < -0.3 is 9.47 Å². The lowest BCUT2D eigenvalue weighted by Gasteiger charge is -2.13. The number of esters is 1. The van der Waals surface area contributed by atoms with E-state index >= 15 is 0 Å². The van der Waals surface area contributed by atoms with E-state index in [0.29, 0.717) is 28.8 Å². The second-order valence-corrected chi connectivity index (χ2v) is 8.04. The van der Waals surface area contributed by atoms with Crippen molar-refractivity contribution >= 4 is 16.9 Å². The minimum Gasteiger partial charge on any atom is -0.468 e. The van der Waals surface area contributed by atoms with E-state index in [4.69, 9.17) is 9.47 Å². The summed E-state index contributed by atoms with van der Waals surface area (Å²) in [6.45, 7) is -1.06. The fraction of sp³-hybridized carbons (Fsp3) is 0.250. The molecule has 1 aromatic carbocycles. The van der Waals surface area contributed by atoms with Gasteiger partial charge in [0.1, 0.15) is 5.75 Å². The Bertz CT molecular complexity index is 1330. The van der Waals surface area contributed by atoms with E-state index in [0.717, 1.165) is 18.4 Å². The number of halogens is 3. The van der Waals surface area contributed by atoms with Crippen molar-refractivity contribution in [1.29, 1.82) is 0 Å². The third-order valence-electron chi connectivity index (χ3n) is 5.30. The van der Waals surface area contributed by atoms with Gasteiger partial charge in [0.15, 0.2) is 12.3 Å². The average molecular weight is 468 g/mol. The number of aromatic nitrogens is 4. The summed E-state index contributed by atoms with van der Waals surface area (Å²) in [5.41, 5.74) is 2.14. The number of para-hydroxylation sites is 1. The molecule has 0 saturated heterocycles. The number of carbonyl (C=O) groups is 1. The number of hydrogen-bond donors (Lipinski definition) is 0. The number of ether oxygens (including phenoxy) is 2. The molecule has 7 nitrogen and oxygen atoms in total. The van der Waals surface area contributed by atoms with Crippen molar-refractivity contribution in [3.8, 4) is 11.6 Å². The zero-order valence-electron chi connectivity index (χ0n) is 17.8. The summed E-state index contributed by atoms with van der Waals surface area (Å²) < 4.78 is 49.7. The van der Waals surface area contributed by atoms with Crippen LogP contribution in [0.25, 0.3) is 10.9 Å². The first-order valence-corrected chi connectivity index (χ1v) is 10.6. The third kappa shape index (κ3) is 5.00. The number of benzene rings is 1. The molecule has 0 aliphatic heterocycles. The maximum absolute atomic E-state index is 12.7. The largest absolute Gasteiger partial charge is 0.468 e. The van der Waals surface area contributed by atoms with E-state index < -0.39 is 18.8 Å². The molecule has 0 atom stereocenters. The molecule has 3 heterocycles. The van der Waals surface area contributed by atoms with Crippen molar-refractivity contribution in [2.24, 2.45) is 0 Å². The van der Waals surface area contributed by atoms with Crippen LogP contribution in [0.1, 0.15) is 40.4 Å². The summed E-state index contributed by atoms with van der Waals surface area (Å²) in [6.07, 6.45) is 2.00. The molecule has 0 unspecified atom stereocenters. The zero-order chi connectivity index (χ0) is 23.7. The molecule has 0 spiro atoms. The van der Waals surface area contributed by atoms with Crippen molar-refractivity contribution in [1.82, 2.24) is 19.7 Å². The molecule has 0 amide bonds. The molecule has 10 heteroatoms. The number of alkyl halides is 3. The molecule has 1 aliphatic carbocycles. The second kappa shape index (κ2) is 8.77. The molecule has 0 radical (unpaired) electrons. The Morgan fingerprint density at radius 2 is 1.91 bits per heavy atom. The first-order valence-electron chi connectivity index (χ1n) is 10.6. The smallest absolute Gasteiger partial charge is 0.422 e. The maximum Gasteiger partial charge on any atom is 0.422 e. The van der Waals surface area contributed by atoms with E-state index in [1.165, 1.54) is 12.4 Å². The van der Waals surface area contributed by atoms with Gasteiger partial charge in [0.05, 0.1) is 17.4 Å². The highest BCUT2D eigenvalue weighted by atomic mass is 19.4. The first-order chi connectivity index (χ1) is 16.4. The van der Waals surface area contributed by atoms with Gasteiger partial charge in [-0.25, -0.2) is 14.8 Å². The van der Waals surface area contributed by atoms with Crippen LogP contribution in [-0.4, -0.2) is 38.5 Å². The van der Waals surface area contributed by atoms with Gasteiger partial charge in [0, 0.05) is 24.2 Å². The highest BCUT2D eigenvalue weighted by Gasteiger charge is 2.32. The lowest BCUT2D eigenvalue weighted by molar-refractivity contribution is -0.154. The van der Waals surface area contributed by atoms with Gasteiger partial charge in [0.25, 0.3) is 0 Å². The van der Waals surface area contributed by atoms with Crippen LogP contribution >= 0.6 is 0 Å². The molecule has 3 aromatic heterocycles. The van der Waals surface area contributed by atoms with Crippen molar-refractivity contribution in [3.05, 3.63) is 77.9 Å². The Balaban J connectivity index is 1.37. The normalized spacial score (nSPS) is 13.7. The van der Waals surface area contributed by atoms with Crippen LogP contribution in [0.5, 0.6) is 11.6 Å². The Kier molecular flexibility index (Phi) is 5.64. The Morgan fingerprint density at radius 1 is 1.12 bits per heavy atom. The summed E-state index contributed by atoms with van der Waals surface area (Å²) >= 11 is 0. The maximum atomic E-state index is 12.7. The van der Waals surface area contributed by atoms with Crippen LogP contribution < -0.4 is 9.47 Å². The van der Waals surface area contributed by atoms with Gasteiger partial charge in [-0.3, -0.25) is 4.68 Å². The molecule has 1 saturated carbocycles. The van der Waals surface area contributed by atoms with E-state index in [1.807, 2.05) is 12.1 Å². The van der Waals surface area contributed by atoms with E-state index in [-0.39, 0.29) is 17.5 Å². The predicted molar refractivity (Wildman–Crippen MR) is 116 cm³/mol. The fourth-order valence-corrected chi connectivity index (χ4v) is 3.63. The number of pyridine rings is 2. The van der Waals surface area contributed by atoms with Crippen LogP contribution in [0.2, 0.25) is 0 Å². The van der Waals surface area contributed by atoms with E-state index in [1.54, 1.807) is 41.2 Å². The molecule has 1 fully saturated rings. The average Bonchev–Trinajstić information content (AvgIpc) is 3.57. The quantitative estimate of drug-likeness (QED) is 0.283.